The molecule has 1 aliphatic rings. The van der Waals surface area contributed by atoms with Crippen molar-refractivity contribution in [1.29, 1.82) is 0 Å². The summed E-state index contributed by atoms with van der Waals surface area (Å²) in [5.74, 6) is -0.382. The minimum Gasteiger partial charge on any atom is -0.349 e. The average Bonchev–Trinajstić information content (AvgIpc) is 2.65. The van der Waals surface area contributed by atoms with Crippen molar-refractivity contribution in [1.82, 2.24) is 5.32 Å². The summed E-state index contributed by atoms with van der Waals surface area (Å²) in [4.78, 5) is 37.2. The van der Waals surface area contributed by atoms with Gasteiger partial charge in [-0.3, -0.25) is 14.4 Å². The van der Waals surface area contributed by atoms with E-state index < -0.39 is 0 Å². The second-order valence-corrected chi connectivity index (χ2v) is 6.56. The molecule has 132 valence electrons. The largest absolute Gasteiger partial charge is 0.349 e. The summed E-state index contributed by atoms with van der Waals surface area (Å²) in [5.41, 5.74) is 1.79. The molecule has 0 aromatic heterocycles. The van der Waals surface area contributed by atoms with Crippen molar-refractivity contribution >= 4 is 40.9 Å². The topological polar surface area (TPSA) is 87.3 Å². The molecule has 0 radical (unpaired) electrons. The highest BCUT2D eigenvalue weighted by Crippen LogP contribution is 2.32. The molecule has 26 heavy (non-hydrogen) atoms. The number of rotatable bonds is 5. The van der Waals surface area contributed by atoms with Crippen LogP contribution in [0.3, 0.4) is 0 Å². The molecule has 0 atom stereocenters. The lowest BCUT2D eigenvalue weighted by Crippen LogP contribution is -2.25. The van der Waals surface area contributed by atoms with Gasteiger partial charge in [-0.15, -0.1) is 18.3 Å². The van der Waals surface area contributed by atoms with Crippen LogP contribution in [0.4, 0.5) is 11.4 Å². The fraction of sp³-hybridized carbons (Fsp3) is 0.105. The van der Waals surface area contributed by atoms with E-state index in [1.165, 1.54) is 11.8 Å². The molecule has 0 fully saturated rings. The van der Waals surface area contributed by atoms with Gasteiger partial charge in [-0.2, -0.15) is 0 Å². The van der Waals surface area contributed by atoms with Crippen LogP contribution in [0.25, 0.3) is 0 Å². The maximum atomic E-state index is 12.6. The molecule has 3 amide bonds. The summed E-state index contributed by atoms with van der Waals surface area (Å²) in [6.45, 7) is 3.90. The first kappa shape index (κ1) is 17.8. The van der Waals surface area contributed by atoms with Crippen molar-refractivity contribution in [3.05, 3.63) is 66.2 Å². The zero-order valence-corrected chi connectivity index (χ0v) is 14.7. The highest BCUT2D eigenvalue weighted by molar-refractivity contribution is 8.00. The standard InChI is InChI=1S/C19H17N3O3S/c1-2-9-20-19(25)13-5-3-4-6-14(13)22-18(24)12-7-8-16-15(10-12)21-17(23)11-26-16/h2-8,10H,1,9,11H2,(H,20,25)(H,21,23)(H,22,24). The Kier molecular flexibility index (Phi) is 5.38. The van der Waals surface area contributed by atoms with Crippen LogP contribution in [0.2, 0.25) is 0 Å². The number of hydrogen-bond donors (Lipinski definition) is 3. The normalized spacial score (nSPS) is 12.5. The highest BCUT2D eigenvalue weighted by Gasteiger charge is 2.18. The lowest BCUT2D eigenvalue weighted by Gasteiger charge is -2.17. The molecule has 2 aromatic rings. The molecule has 0 spiro atoms. The van der Waals surface area contributed by atoms with Crippen LogP contribution >= 0.6 is 11.8 Å². The molecule has 3 rings (SSSR count). The minimum absolute atomic E-state index is 0.0932. The van der Waals surface area contributed by atoms with E-state index in [4.69, 9.17) is 0 Å². The number of carbonyl (C=O) groups excluding carboxylic acids is 3. The summed E-state index contributed by atoms with van der Waals surface area (Å²) in [6.07, 6.45) is 1.58. The number of thioether (sulfide) groups is 1. The number of nitrogens with one attached hydrogen (secondary N) is 3. The molecule has 1 aliphatic heterocycles. The molecule has 0 saturated heterocycles. The van der Waals surface area contributed by atoms with Gasteiger partial charge in [0.25, 0.3) is 11.8 Å². The predicted molar refractivity (Wildman–Crippen MR) is 103 cm³/mol. The molecular weight excluding hydrogens is 350 g/mol. The van der Waals surface area contributed by atoms with E-state index in [2.05, 4.69) is 22.5 Å². The van der Waals surface area contributed by atoms with Gasteiger partial charge in [0.1, 0.15) is 0 Å². The van der Waals surface area contributed by atoms with Crippen LogP contribution in [-0.2, 0) is 4.79 Å². The van der Waals surface area contributed by atoms with Crippen molar-refractivity contribution in [2.45, 2.75) is 4.90 Å². The third kappa shape index (κ3) is 3.94. The van der Waals surface area contributed by atoms with Gasteiger partial charge < -0.3 is 16.0 Å². The Labute approximate surface area is 155 Å². The van der Waals surface area contributed by atoms with Gasteiger partial charge >= 0.3 is 0 Å². The van der Waals surface area contributed by atoms with Gasteiger partial charge in [0.15, 0.2) is 0 Å². The SMILES string of the molecule is C=CCNC(=O)c1ccccc1NC(=O)c1ccc2c(c1)NC(=O)CS2. The third-order valence-electron chi connectivity index (χ3n) is 3.70. The van der Waals surface area contributed by atoms with Crippen LogP contribution in [0.15, 0.2) is 60.0 Å². The second-order valence-electron chi connectivity index (χ2n) is 5.55. The number of fused-ring (bicyclic) bond motifs is 1. The number of amides is 3. The number of para-hydroxylation sites is 1. The maximum absolute atomic E-state index is 12.6. The van der Waals surface area contributed by atoms with E-state index in [9.17, 15) is 14.4 Å². The third-order valence-corrected chi connectivity index (χ3v) is 4.77. The van der Waals surface area contributed by atoms with E-state index >= 15 is 0 Å². The van der Waals surface area contributed by atoms with Gasteiger partial charge in [0.05, 0.1) is 22.7 Å². The van der Waals surface area contributed by atoms with Gasteiger partial charge in [0, 0.05) is 17.0 Å². The summed E-state index contributed by atoms with van der Waals surface area (Å²) >= 11 is 1.43. The van der Waals surface area contributed by atoms with Crippen LogP contribution in [0.1, 0.15) is 20.7 Å². The molecule has 3 N–H and O–H groups in total. The molecular formula is C19H17N3O3S. The summed E-state index contributed by atoms with van der Waals surface area (Å²) in [7, 11) is 0. The molecule has 6 nitrogen and oxygen atoms in total. The quantitative estimate of drug-likeness (QED) is 0.709. The molecule has 0 aliphatic carbocycles. The van der Waals surface area contributed by atoms with E-state index in [0.29, 0.717) is 34.8 Å². The van der Waals surface area contributed by atoms with Crippen molar-refractivity contribution < 1.29 is 14.4 Å². The Morgan fingerprint density at radius 2 is 2.00 bits per heavy atom. The summed E-state index contributed by atoms with van der Waals surface area (Å²) in [5, 5.41) is 8.20. The van der Waals surface area contributed by atoms with Gasteiger partial charge in [-0.1, -0.05) is 18.2 Å². The first-order valence-electron chi connectivity index (χ1n) is 7.94. The van der Waals surface area contributed by atoms with Crippen molar-refractivity contribution in [2.75, 3.05) is 22.9 Å². The Hall–Kier alpha value is -3.06. The van der Waals surface area contributed by atoms with E-state index in [1.54, 1.807) is 48.5 Å². The molecule has 0 saturated carbocycles. The van der Waals surface area contributed by atoms with Crippen molar-refractivity contribution in [3.8, 4) is 0 Å². The van der Waals surface area contributed by atoms with Crippen LogP contribution in [0.5, 0.6) is 0 Å². The van der Waals surface area contributed by atoms with E-state index in [1.807, 2.05) is 0 Å². The van der Waals surface area contributed by atoms with E-state index in [0.717, 1.165) is 4.90 Å². The lowest BCUT2D eigenvalue weighted by molar-refractivity contribution is -0.113. The van der Waals surface area contributed by atoms with Crippen LogP contribution in [-0.4, -0.2) is 30.0 Å². The van der Waals surface area contributed by atoms with Gasteiger partial charge in [0.2, 0.25) is 5.91 Å². The Morgan fingerprint density at radius 1 is 1.19 bits per heavy atom. The molecule has 1 heterocycles. The van der Waals surface area contributed by atoms with Crippen molar-refractivity contribution in [2.24, 2.45) is 0 Å². The number of carbonyl (C=O) groups is 3. The first-order valence-corrected chi connectivity index (χ1v) is 8.93. The average molecular weight is 367 g/mol. The fourth-order valence-corrected chi connectivity index (χ4v) is 3.26. The van der Waals surface area contributed by atoms with Crippen LogP contribution in [0, 0.1) is 0 Å². The fourth-order valence-electron chi connectivity index (χ4n) is 2.47. The smallest absolute Gasteiger partial charge is 0.255 e. The first-order chi connectivity index (χ1) is 12.6. The summed E-state index contributed by atoms with van der Waals surface area (Å²) < 4.78 is 0. The van der Waals surface area contributed by atoms with Gasteiger partial charge in [-0.05, 0) is 30.3 Å². The molecule has 0 bridgehead atoms. The summed E-state index contributed by atoms with van der Waals surface area (Å²) in [6, 6.07) is 11.9. The Morgan fingerprint density at radius 3 is 2.81 bits per heavy atom. The number of benzene rings is 2. The minimum atomic E-state index is -0.360. The van der Waals surface area contributed by atoms with Gasteiger partial charge in [-0.25, -0.2) is 0 Å². The number of anilines is 2. The lowest BCUT2D eigenvalue weighted by atomic mass is 10.1. The van der Waals surface area contributed by atoms with E-state index in [-0.39, 0.29) is 17.7 Å². The Balaban J connectivity index is 1.80. The van der Waals surface area contributed by atoms with Crippen molar-refractivity contribution in [3.63, 3.8) is 0 Å². The zero-order valence-electron chi connectivity index (χ0n) is 13.9. The van der Waals surface area contributed by atoms with Crippen LogP contribution < -0.4 is 16.0 Å². The molecule has 0 unspecified atom stereocenters. The Bertz CT molecular complexity index is 895. The monoisotopic (exact) mass is 367 g/mol. The molecule has 7 heteroatoms. The zero-order chi connectivity index (χ0) is 18.5. The number of hydrogen-bond acceptors (Lipinski definition) is 4. The molecule has 2 aromatic carbocycles. The second kappa shape index (κ2) is 7.88. The predicted octanol–water partition coefficient (Wildman–Crippen LogP) is 2.90. The highest BCUT2D eigenvalue weighted by atomic mass is 32.2. The maximum Gasteiger partial charge on any atom is 0.255 e.